The molecule has 0 saturated carbocycles. The maximum absolute atomic E-state index is 12.4. The molecule has 3 aromatic rings. The van der Waals surface area contributed by atoms with E-state index in [1.54, 1.807) is 0 Å². The first kappa shape index (κ1) is 18.6. The van der Waals surface area contributed by atoms with Crippen LogP contribution in [0.1, 0.15) is 29.6 Å². The number of halogens is 1. The number of aromatic nitrogens is 2. The van der Waals surface area contributed by atoms with E-state index in [2.05, 4.69) is 36.1 Å². The van der Waals surface area contributed by atoms with Crippen molar-refractivity contribution < 1.29 is 4.79 Å². The summed E-state index contributed by atoms with van der Waals surface area (Å²) in [4.78, 5) is 23.7. The first-order valence-corrected chi connectivity index (χ1v) is 10.2. The molecule has 1 N–H and O–H groups in total. The summed E-state index contributed by atoms with van der Waals surface area (Å²) < 4.78 is 0.925. The highest BCUT2D eigenvalue weighted by Gasteiger charge is 2.13. The monoisotopic (exact) mass is 436 g/mol. The van der Waals surface area contributed by atoms with E-state index in [9.17, 15) is 4.79 Å². The Morgan fingerprint density at radius 1 is 0.929 bits per heavy atom. The Kier molecular flexibility index (Phi) is 5.67. The van der Waals surface area contributed by atoms with Crippen molar-refractivity contribution in [1.29, 1.82) is 0 Å². The average molecular weight is 437 g/mol. The largest absolute Gasteiger partial charge is 0.341 e. The molecule has 1 aliphatic rings. The van der Waals surface area contributed by atoms with Gasteiger partial charge in [-0.25, -0.2) is 9.97 Å². The van der Waals surface area contributed by atoms with Crippen molar-refractivity contribution in [2.24, 2.45) is 0 Å². The van der Waals surface area contributed by atoms with Crippen molar-refractivity contribution >= 4 is 33.5 Å². The third-order valence-corrected chi connectivity index (χ3v) is 5.33. The molecule has 0 radical (unpaired) electrons. The van der Waals surface area contributed by atoms with Gasteiger partial charge in [0.1, 0.15) is 0 Å². The highest BCUT2D eigenvalue weighted by molar-refractivity contribution is 9.10. The summed E-state index contributed by atoms with van der Waals surface area (Å²) in [6, 6.07) is 15.0. The lowest BCUT2D eigenvalue weighted by Crippen LogP contribution is -2.30. The number of nitrogens with zero attached hydrogens (tertiary/aromatic N) is 3. The zero-order valence-corrected chi connectivity index (χ0v) is 17.0. The molecule has 0 spiro atoms. The second-order valence-corrected chi connectivity index (χ2v) is 7.78. The predicted molar refractivity (Wildman–Crippen MR) is 116 cm³/mol. The van der Waals surface area contributed by atoms with Crippen molar-refractivity contribution in [2.45, 2.75) is 19.3 Å². The third kappa shape index (κ3) is 4.39. The third-order valence-electron chi connectivity index (χ3n) is 4.84. The smallest absolute Gasteiger partial charge is 0.255 e. The van der Waals surface area contributed by atoms with Gasteiger partial charge in [-0.1, -0.05) is 34.1 Å². The summed E-state index contributed by atoms with van der Waals surface area (Å²) in [5.41, 5.74) is 3.30. The fourth-order valence-corrected chi connectivity index (χ4v) is 3.71. The first-order chi connectivity index (χ1) is 13.7. The molecular formula is C22H21BrN4O. The molecule has 6 heteroatoms. The van der Waals surface area contributed by atoms with E-state index in [0.29, 0.717) is 5.56 Å². The van der Waals surface area contributed by atoms with Crippen LogP contribution in [0.25, 0.3) is 11.1 Å². The number of carbonyl (C=O) groups is 1. The maximum Gasteiger partial charge on any atom is 0.255 e. The molecule has 5 nitrogen and oxygen atoms in total. The molecule has 0 unspecified atom stereocenters. The van der Waals surface area contributed by atoms with Gasteiger partial charge in [0.25, 0.3) is 5.91 Å². The zero-order valence-electron chi connectivity index (χ0n) is 15.4. The van der Waals surface area contributed by atoms with E-state index in [1.165, 1.54) is 19.3 Å². The highest BCUT2D eigenvalue weighted by atomic mass is 79.9. The van der Waals surface area contributed by atoms with Crippen LogP contribution >= 0.6 is 15.9 Å². The quantitative estimate of drug-likeness (QED) is 0.614. The van der Waals surface area contributed by atoms with Gasteiger partial charge in [0.15, 0.2) is 0 Å². The molecule has 1 fully saturated rings. The molecule has 1 amide bonds. The van der Waals surface area contributed by atoms with E-state index in [1.807, 2.05) is 60.9 Å². The Hall–Kier alpha value is -2.73. The second kappa shape index (κ2) is 8.52. The number of benzene rings is 2. The van der Waals surface area contributed by atoms with Gasteiger partial charge in [0, 0.05) is 46.8 Å². The molecule has 28 heavy (non-hydrogen) atoms. The SMILES string of the molecule is O=C(Nc1cccc(Br)c1)c1ccc(-c2cnc(N3CCCCC3)nc2)cc1. The summed E-state index contributed by atoms with van der Waals surface area (Å²) in [6.07, 6.45) is 7.40. The number of hydrogen-bond acceptors (Lipinski definition) is 4. The van der Waals surface area contributed by atoms with Crippen LogP contribution in [0.2, 0.25) is 0 Å². The van der Waals surface area contributed by atoms with Crippen molar-refractivity contribution in [2.75, 3.05) is 23.3 Å². The van der Waals surface area contributed by atoms with E-state index < -0.39 is 0 Å². The number of anilines is 2. The lowest BCUT2D eigenvalue weighted by molar-refractivity contribution is 0.102. The van der Waals surface area contributed by atoms with Crippen molar-refractivity contribution in [1.82, 2.24) is 9.97 Å². The standard InChI is InChI=1S/C22H21BrN4O/c23-19-5-4-6-20(13-19)26-21(28)17-9-7-16(8-10-17)18-14-24-22(25-15-18)27-11-2-1-3-12-27/h4-10,13-15H,1-3,11-12H2,(H,26,28). The Balaban J connectivity index is 1.44. The van der Waals surface area contributed by atoms with Crippen molar-refractivity contribution in [3.63, 3.8) is 0 Å². The van der Waals surface area contributed by atoms with Crippen LogP contribution in [0.3, 0.4) is 0 Å². The summed E-state index contributed by atoms with van der Waals surface area (Å²) >= 11 is 3.41. The van der Waals surface area contributed by atoms with E-state index in [4.69, 9.17) is 0 Å². The van der Waals surface area contributed by atoms with Crippen LogP contribution < -0.4 is 10.2 Å². The summed E-state index contributed by atoms with van der Waals surface area (Å²) in [6.45, 7) is 2.06. The fourth-order valence-electron chi connectivity index (χ4n) is 3.31. The Morgan fingerprint density at radius 3 is 2.32 bits per heavy atom. The maximum atomic E-state index is 12.4. The van der Waals surface area contributed by atoms with Crippen LogP contribution in [0, 0.1) is 0 Å². The molecule has 1 aromatic heterocycles. The number of hydrogen-bond donors (Lipinski definition) is 1. The van der Waals surface area contributed by atoms with E-state index in [-0.39, 0.29) is 5.91 Å². The molecule has 0 aliphatic carbocycles. The molecule has 0 atom stereocenters. The number of nitrogens with one attached hydrogen (secondary N) is 1. The van der Waals surface area contributed by atoms with E-state index in [0.717, 1.165) is 40.3 Å². The van der Waals surface area contributed by atoms with Gasteiger partial charge in [-0.3, -0.25) is 4.79 Å². The normalized spacial score (nSPS) is 14.0. The Bertz CT molecular complexity index is 951. The molecule has 142 valence electrons. The predicted octanol–water partition coefficient (Wildman–Crippen LogP) is 5.15. The average Bonchev–Trinajstić information content (AvgIpc) is 2.75. The zero-order chi connectivity index (χ0) is 19.3. The Morgan fingerprint density at radius 2 is 1.64 bits per heavy atom. The lowest BCUT2D eigenvalue weighted by Gasteiger charge is -2.26. The summed E-state index contributed by atoms with van der Waals surface area (Å²) in [7, 11) is 0. The number of amides is 1. The fraction of sp³-hybridized carbons (Fsp3) is 0.227. The van der Waals surface area contributed by atoms with Crippen LogP contribution in [0.15, 0.2) is 65.4 Å². The van der Waals surface area contributed by atoms with Crippen LogP contribution in [0.5, 0.6) is 0 Å². The van der Waals surface area contributed by atoms with Crippen LogP contribution in [-0.4, -0.2) is 29.0 Å². The van der Waals surface area contributed by atoms with E-state index >= 15 is 0 Å². The minimum absolute atomic E-state index is 0.138. The molecule has 2 aromatic carbocycles. The molecule has 0 bridgehead atoms. The minimum Gasteiger partial charge on any atom is -0.341 e. The van der Waals surface area contributed by atoms with Crippen molar-refractivity contribution in [3.8, 4) is 11.1 Å². The molecule has 2 heterocycles. The molecule has 4 rings (SSSR count). The molecule has 1 aliphatic heterocycles. The highest BCUT2D eigenvalue weighted by Crippen LogP contribution is 2.22. The Labute approximate surface area is 173 Å². The molecule has 1 saturated heterocycles. The van der Waals surface area contributed by atoms with Gasteiger partial charge >= 0.3 is 0 Å². The minimum atomic E-state index is -0.138. The second-order valence-electron chi connectivity index (χ2n) is 6.86. The summed E-state index contributed by atoms with van der Waals surface area (Å²) in [5, 5.41) is 2.90. The van der Waals surface area contributed by atoms with Gasteiger partial charge < -0.3 is 10.2 Å². The lowest BCUT2D eigenvalue weighted by atomic mass is 10.1. The van der Waals surface area contributed by atoms with Gasteiger partial charge in [-0.15, -0.1) is 0 Å². The topological polar surface area (TPSA) is 58.1 Å². The van der Waals surface area contributed by atoms with Gasteiger partial charge in [-0.05, 0) is 55.2 Å². The van der Waals surface area contributed by atoms with Crippen molar-refractivity contribution in [3.05, 3.63) is 71.0 Å². The molecular weight excluding hydrogens is 416 g/mol. The first-order valence-electron chi connectivity index (χ1n) is 9.43. The van der Waals surface area contributed by atoms with Crippen LogP contribution in [0.4, 0.5) is 11.6 Å². The number of carbonyl (C=O) groups excluding carboxylic acids is 1. The van der Waals surface area contributed by atoms with Crippen LogP contribution in [-0.2, 0) is 0 Å². The summed E-state index contributed by atoms with van der Waals surface area (Å²) in [5.74, 6) is 0.662. The number of rotatable bonds is 4. The number of piperidine rings is 1. The van der Waals surface area contributed by atoms with Gasteiger partial charge in [0.2, 0.25) is 5.95 Å². The van der Waals surface area contributed by atoms with Gasteiger partial charge in [-0.2, -0.15) is 0 Å². The van der Waals surface area contributed by atoms with Gasteiger partial charge in [0.05, 0.1) is 0 Å².